The minimum Gasteiger partial charge on any atom is -0.309 e. The maximum atomic E-state index is 11.2. The van der Waals surface area contributed by atoms with Crippen LogP contribution in [0, 0.1) is 0 Å². The van der Waals surface area contributed by atoms with E-state index in [1.54, 1.807) is 17.2 Å². The van der Waals surface area contributed by atoms with E-state index in [0.717, 1.165) is 0 Å². The molecule has 1 unspecified atom stereocenters. The van der Waals surface area contributed by atoms with E-state index in [1.165, 1.54) is 0 Å². The number of ketones is 1. The molecule has 0 aromatic carbocycles. The zero-order valence-corrected chi connectivity index (χ0v) is 6.12. The van der Waals surface area contributed by atoms with Crippen LogP contribution in [0.25, 0.3) is 0 Å². The molecule has 0 bridgehead atoms. The molecule has 1 saturated heterocycles. The zero-order chi connectivity index (χ0) is 7.84. The third kappa shape index (κ3) is 0.878. The average molecular weight is 151 g/mol. The van der Waals surface area contributed by atoms with E-state index in [0.29, 0.717) is 19.3 Å². The SMILES string of the molecule is O=C1CC=CN2C(=O)CCC12. The molecule has 2 aliphatic rings. The topological polar surface area (TPSA) is 37.4 Å². The van der Waals surface area contributed by atoms with Crippen molar-refractivity contribution in [2.24, 2.45) is 0 Å². The quantitative estimate of drug-likeness (QED) is 0.504. The summed E-state index contributed by atoms with van der Waals surface area (Å²) in [6.45, 7) is 0. The number of hydrogen-bond donors (Lipinski definition) is 0. The molecule has 2 aliphatic heterocycles. The van der Waals surface area contributed by atoms with Crippen LogP contribution in [0.1, 0.15) is 19.3 Å². The normalized spacial score (nSPS) is 29.5. The maximum absolute atomic E-state index is 11.2. The Hall–Kier alpha value is -1.12. The van der Waals surface area contributed by atoms with Gasteiger partial charge in [0.25, 0.3) is 0 Å². The van der Waals surface area contributed by atoms with Gasteiger partial charge >= 0.3 is 0 Å². The maximum Gasteiger partial charge on any atom is 0.227 e. The summed E-state index contributed by atoms with van der Waals surface area (Å²) in [5.74, 6) is 0.262. The molecule has 0 saturated carbocycles. The lowest BCUT2D eigenvalue weighted by atomic mass is 10.1. The lowest BCUT2D eigenvalue weighted by Crippen LogP contribution is -2.36. The number of Topliss-reactive ketones (excluding diaryl/α,β-unsaturated/α-hetero) is 1. The number of amides is 1. The number of carbonyl (C=O) groups excluding carboxylic acids is 2. The van der Waals surface area contributed by atoms with E-state index in [1.807, 2.05) is 0 Å². The van der Waals surface area contributed by atoms with Crippen molar-refractivity contribution in [3.63, 3.8) is 0 Å². The van der Waals surface area contributed by atoms with Gasteiger partial charge in [0.05, 0.1) is 6.04 Å². The first-order chi connectivity index (χ1) is 5.29. The molecule has 0 radical (unpaired) electrons. The molecular weight excluding hydrogens is 142 g/mol. The number of allylic oxidation sites excluding steroid dienone is 1. The Morgan fingerprint density at radius 2 is 2.27 bits per heavy atom. The van der Waals surface area contributed by atoms with Crippen molar-refractivity contribution < 1.29 is 9.59 Å². The molecule has 0 aromatic heterocycles. The molecule has 0 aliphatic carbocycles. The van der Waals surface area contributed by atoms with Crippen molar-refractivity contribution in [1.82, 2.24) is 4.90 Å². The van der Waals surface area contributed by atoms with Crippen molar-refractivity contribution in [2.45, 2.75) is 25.3 Å². The van der Waals surface area contributed by atoms with Gasteiger partial charge in [-0.25, -0.2) is 0 Å². The van der Waals surface area contributed by atoms with Crippen molar-refractivity contribution in [2.75, 3.05) is 0 Å². The average Bonchev–Trinajstić information content (AvgIpc) is 2.35. The molecule has 1 fully saturated rings. The van der Waals surface area contributed by atoms with Gasteiger partial charge in [0.2, 0.25) is 5.91 Å². The van der Waals surface area contributed by atoms with Crippen LogP contribution in [0.4, 0.5) is 0 Å². The van der Waals surface area contributed by atoms with Crippen LogP contribution < -0.4 is 0 Å². The minimum atomic E-state index is -0.132. The molecule has 2 rings (SSSR count). The van der Waals surface area contributed by atoms with Crippen LogP contribution >= 0.6 is 0 Å². The lowest BCUT2D eigenvalue weighted by molar-refractivity contribution is -0.132. The van der Waals surface area contributed by atoms with Gasteiger partial charge in [-0.2, -0.15) is 0 Å². The summed E-state index contributed by atoms with van der Waals surface area (Å²) in [6.07, 6.45) is 5.22. The fraction of sp³-hybridized carbons (Fsp3) is 0.500. The highest BCUT2D eigenvalue weighted by Crippen LogP contribution is 2.23. The molecule has 11 heavy (non-hydrogen) atoms. The predicted octanol–water partition coefficient (Wildman–Crippen LogP) is 0.464. The van der Waals surface area contributed by atoms with Gasteiger partial charge in [0.15, 0.2) is 5.78 Å². The van der Waals surface area contributed by atoms with Crippen LogP contribution in [-0.4, -0.2) is 22.6 Å². The lowest BCUT2D eigenvalue weighted by Gasteiger charge is -2.22. The Labute approximate surface area is 64.7 Å². The first-order valence-corrected chi connectivity index (χ1v) is 3.79. The number of fused-ring (bicyclic) bond motifs is 1. The molecule has 3 heteroatoms. The number of nitrogens with zero attached hydrogens (tertiary/aromatic N) is 1. The third-order valence-corrected chi connectivity index (χ3v) is 2.21. The van der Waals surface area contributed by atoms with Crippen LogP contribution in [0.3, 0.4) is 0 Å². The van der Waals surface area contributed by atoms with E-state index in [9.17, 15) is 9.59 Å². The van der Waals surface area contributed by atoms with Crippen LogP contribution in [0.15, 0.2) is 12.3 Å². The third-order valence-electron chi connectivity index (χ3n) is 2.21. The van der Waals surface area contributed by atoms with Crippen LogP contribution in [-0.2, 0) is 9.59 Å². The second kappa shape index (κ2) is 2.19. The van der Waals surface area contributed by atoms with Crippen molar-refractivity contribution in [1.29, 1.82) is 0 Å². The largest absolute Gasteiger partial charge is 0.309 e. The van der Waals surface area contributed by atoms with Crippen LogP contribution in [0.5, 0.6) is 0 Å². The Balaban J connectivity index is 2.30. The summed E-state index contributed by atoms with van der Waals surface area (Å²) >= 11 is 0. The standard InChI is InChI=1S/C8H9NO2/c10-7-2-1-5-9-6(7)3-4-8(9)11/h1,5-6H,2-4H2. The molecule has 2 heterocycles. The molecule has 58 valence electrons. The minimum absolute atomic E-state index is 0.0827. The summed E-state index contributed by atoms with van der Waals surface area (Å²) in [6, 6.07) is -0.132. The summed E-state index contributed by atoms with van der Waals surface area (Å²) < 4.78 is 0. The Bertz CT molecular complexity index is 244. The molecule has 0 spiro atoms. The van der Waals surface area contributed by atoms with Gasteiger partial charge in [-0.15, -0.1) is 0 Å². The number of rotatable bonds is 0. The van der Waals surface area contributed by atoms with Crippen molar-refractivity contribution in [3.8, 4) is 0 Å². The molecule has 3 nitrogen and oxygen atoms in total. The van der Waals surface area contributed by atoms with Gasteiger partial charge in [0, 0.05) is 19.0 Å². The Morgan fingerprint density at radius 1 is 1.45 bits per heavy atom. The molecular formula is C8H9NO2. The highest BCUT2D eigenvalue weighted by atomic mass is 16.2. The summed E-state index contributed by atoms with van der Waals surface area (Å²) in [4.78, 5) is 23.8. The van der Waals surface area contributed by atoms with Gasteiger partial charge in [-0.05, 0) is 6.42 Å². The summed E-state index contributed by atoms with van der Waals surface area (Å²) in [5, 5.41) is 0. The predicted molar refractivity (Wildman–Crippen MR) is 38.6 cm³/mol. The second-order valence-electron chi connectivity index (χ2n) is 2.91. The number of carbonyl (C=O) groups is 2. The summed E-state index contributed by atoms with van der Waals surface area (Å²) in [5.41, 5.74) is 0. The molecule has 1 atom stereocenters. The highest BCUT2D eigenvalue weighted by molar-refractivity contribution is 5.94. The van der Waals surface area contributed by atoms with E-state index in [2.05, 4.69) is 0 Å². The van der Waals surface area contributed by atoms with Crippen LogP contribution in [0.2, 0.25) is 0 Å². The van der Waals surface area contributed by atoms with E-state index in [4.69, 9.17) is 0 Å². The molecule has 1 amide bonds. The zero-order valence-electron chi connectivity index (χ0n) is 6.12. The van der Waals surface area contributed by atoms with E-state index in [-0.39, 0.29) is 17.7 Å². The van der Waals surface area contributed by atoms with Gasteiger partial charge in [-0.1, -0.05) is 6.08 Å². The van der Waals surface area contributed by atoms with Crippen molar-refractivity contribution >= 4 is 11.7 Å². The molecule has 0 aromatic rings. The summed E-state index contributed by atoms with van der Waals surface area (Å²) in [7, 11) is 0. The fourth-order valence-electron chi connectivity index (χ4n) is 1.62. The molecule has 0 N–H and O–H groups in total. The Morgan fingerprint density at radius 3 is 3.00 bits per heavy atom. The van der Waals surface area contributed by atoms with Gasteiger partial charge < -0.3 is 4.90 Å². The Kier molecular flexibility index (Phi) is 1.31. The van der Waals surface area contributed by atoms with Gasteiger partial charge in [-0.3, -0.25) is 9.59 Å². The fourth-order valence-corrected chi connectivity index (χ4v) is 1.62. The van der Waals surface area contributed by atoms with Crippen molar-refractivity contribution in [3.05, 3.63) is 12.3 Å². The highest BCUT2D eigenvalue weighted by Gasteiger charge is 2.35. The van der Waals surface area contributed by atoms with E-state index >= 15 is 0 Å². The second-order valence-corrected chi connectivity index (χ2v) is 2.91. The number of hydrogen-bond acceptors (Lipinski definition) is 2. The monoisotopic (exact) mass is 151 g/mol. The van der Waals surface area contributed by atoms with Gasteiger partial charge in [0.1, 0.15) is 0 Å². The smallest absolute Gasteiger partial charge is 0.227 e. The first-order valence-electron chi connectivity index (χ1n) is 3.79. The first kappa shape index (κ1) is 6.58. The van der Waals surface area contributed by atoms with E-state index < -0.39 is 0 Å².